The smallest absolute Gasteiger partial charge is 0.146 e. The maximum absolute atomic E-state index is 5.69. The van der Waals surface area contributed by atoms with Crippen LogP contribution in [-0.2, 0) is 0 Å². The number of benzene rings is 10. The zero-order valence-corrected chi connectivity index (χ0v) is 34.1. The Morgan fingerprint density at radius 2 is 1.08 bits per heavy atom. The van der Waals surface area contributed by atoms with Crippen molar-refractivity contribution in [2.75, 3.05) is 10.2 Å². The topological polar surface area (TPSA) is 50.9 Å². The van der Waals surface area contributed by atoms with Gasteiger partial charge in [0.05, 0.1) is 33.4 Å². The van der Waals surface area contributed by atoms with Gasteiger partial charge in [0.15, 0.2) is 0 Å². The molecule has 6 heteroatoms. The summed E-state index contributed by atoms with van der Waals surface area (Å²) < 4.78 is 4.66. The number of fused-ring (bicyclic) bond motifs is 9. The summed E-state index contributed by atoms with van der Waals surface area (Å²) in [6.45, 7) is 0. The lowest BCUT2D eigenvalue weighted by Gasteiger charge is -2.28. The van der Waals surface area contributed by atoms with Crippen LogP contribution in [0, 0.1) is 0 Å². The van der Waals surface area contributed by atoms with E-state index >= 15 is 0 Å². The first-order valence-corrected chi connectivity index (χ1v) is 21.5. The van der Waals surface area contributed by atoms with E-state index < -0.39 is 0 Å². The third-order valence-corrected chi connectivity index (χ3v) is 12.7. The first-order chi connectivity index (χ1) is 31.3. The molecule has 1 aliphatic rings. The third kappa shape index (κ3) is 5.51. The summed E-state index contributed by atoms with van der Waals surface area (Å²) in [6.07, 6.45) is -0.143. The first kappa shape index (κ1) is 35.3. The Morgan fingerprint density at radius 1 is 0.429 bits per heavy atom. The second kappa shape index (κ2) is 14.0. The fourth-order valence-electron chi connectivity index (χ4n) is 9.88. The molecule has 12 aromatic rings. The summed E-state index contributed by atoms with van der Waals surface area (Å²) >= 11 is 0. The van der Waals surface area contributed by atoms with Crippen molar-refractivity contribution in [1.29, 1.82) is 0 Å². The number of imidazole rings is 2. The van der Waals surface area contributed by atoms with Gasteiger partial charge in [-0.25, -0.2) is 9.97 Å². The van der Waals surface area contributed by atoms with E-state index in [4.69, 9.17) is 9.97 Å². The summed E-state index contributed by atoms with van der Waals surface area (Å²) in [7, 11) is 0. The van der Waals surface area contributed by atoms with E-state index in [0.717, 1.165) is 100 Å². The molecule has 0 bridgehead atoms. The lowest BCUT2D eigenvalue weighted by molar-refractivity contribution is 0.830. The van der Waals surface area contributed by atoms with Crippen molar-refractivity contribution in [3.63, 3.8) is 0 Å². The molecule has 1 aliphatic heterocycles. The van der Waals surface area contributed by atoms with Gasteiger partial charge < -0.3 is 10.2 Å². The summed E-state index contributed by atoms with van der Waals surface area (Å²) in [5.41, 5.74) is 12.8. The Balaban J connectivity index is 1.13. The van der Waals surface area contributed by atoms with Gasteiger partial charge in [-0.3, -0.25) is 9.13 Å². The van der Waals surface area contributed by atoms with Gasteiger partial charge in [-0.15, -0.1) is 0 Å². The highest BCUT2D eigenvalue weighted by atomic mass is 15.3. The van der Waals surface area contributed by atoms with Crippen LogP contribution in [0.2, 0.25) is 0 Å². The molecule has 1 atom stereocenters. The molecule has 0 fully saturated rings. The molecule has 0 aliphatic carbocycles. The highest BCUT2D eigenvalue weighted by Crippen LogP contribution is 2.48. The minimum absolute atomic E-state index is 0.143. The highest BCUT2D eigenvalue weighted by molar-refractivity contribution is 6.25. The van der Waals surface area contributed by atoms with Gasteiger partial charge in [-0.1, -0.05) is 146 Å². The Labute approximate surface area is 363 Å². The number of anilines is 3. The van der Waals surface area contributed by atoms with Crippen LogP contribution < -0.4 is 10.2 Å². The van der Waals surface area contributed by atoms with Crippen molar-refractivity contribution in [2.24, 2.45) is 0 Å². The summed E-state index contributed by atoms with van der Waals surface area (Å²) in [4.78, 5) is 13.4. The monoisotopic (exact) mass is 806 g/mol. The molecule has 296 valence electrons. The van der Waals surface area contributed by atoms with Crippen LogP contribution in [0.4, 0.5) is 17.1 Å². The van der Waals surface area contributed by atoms with Gasteiger partial charge in [-0.2, -0.15) is 0 Å². The number of hydrogen-bond acceptors (Lipinski definition) is 4. The molecule has 0 spiro atoms. The molecule has 63 heavy (non-hydrogen) atoms. The number of hydrogen-bond donors (Lipinski definition) is 1. The highest BCUT2D eigenvalue weighted by Gasteiger charge is 2.32. The average molecular weight is 807 g/mol. The van der Waals surface area contributed by atoms with Crippen LogP contribution in [0.5, 0.6) is 0 Å². The van der Waals surface area contributed by atoms with E-state index in [2.05, 4.69) is 238 Å². The Kier molecular flexibility index (Phi) is 7.87. The Bertz CT molecular complexity index is 3720. The predicted octanol–water partition coefficient (Wildman–Crippen LogP) is 14.4. The van der Waals surface area contributed by atoms with Crippen LogP contribution in [0.3, 0.4) is 0 Å². The molecule has 0 radical (unpaired) electrons. The molecule has 0 saturated carbocycles. The van der Waals surface area contributed by atoms with Crippen LogP contribution in [0.15, 0.2) is 218 Å². The molecule has 1 unspecified atom stereocenters. The maximum atomic E-state index is 5.69. The molecule has 6 nitrogen and oxygen atoms in total. The van der Waals surface area contributed by atoms with Crippen molar-refractivity contribution >= 4 is 71.4 Å². The van der Waals surface area contributed by atoms with E-state index in [-0.39, 0.29) is 6.17 Å². The van der Waals surface area contributed by atoms with Crippen molar-refractivity contribution in [3.05, 3.63) is 224 Å². The summed E-state index contributed by atoms with van der Waals surface area (Å²) in [5, 5.41) is 10.7. The van der Waals surface area contributed by atoms with E-state index in [1.807, 2.05) is 0 Å². The van der Waals surface area contributed by atoms with E-state index in [9.17, 15) is 0 Å². The van der Waals surface area contributed by atoms with E-state index in [1.54, 1.807) is 0 Å². The van der Waals surface area contributed by atoms with Crippen LogP contribution in [-0.4, -0.2) is 19.1 Å². The van der Waals surface area contributed by atoms with Gasteiger partial charge in [0, 0.05) is 39.0 Å². The third-order valence-electron chi connectivity index (χ3n) is 12.7. The Morgan fingerprint density at radius 3 is 1.90 bits per heavy atom. The number of nitrogens with one attached hydrogen (secondary N) is 1. The van der Waals surface area contributed by atoms with E-state index in [0.29, 0.717) is 0 Å². The summed E-state index contributed by atoms with van der Waals surface area (Å²) in [6, 6.07) is 77.9. The second-order valence-corrected chi connectivity index (χ2v) is 16.3. The predicted molar refractivity (Wildman–Crippen MR) is 260 cm³/mol. The lowest BCUT2D eigenvalue weighted by Crippen LogP contribution is -2.23. The normalized spacial score (nSPS) is 13.7. The maximum Gasteiger partial charge on any atom is 0.146 e. The largest absolute Gasteiger partial charge is 0.359 e. The molecular formula is C57H38N6. The second-order valence-electron chi connectivity index (χ2n) is 16.3. The number of rotatable bonds is 6. The van der Waals surface area contributed by atoms with Crippen LogP contribution in [0.25, 0.3) is 88.5 Å². The fourth-order valence-corrected chi connectivity index (χ4v) is 9.88. The number of aromatic nitrogens is 4. The van der Waals surface area contributed by atoms with Crippen molar-refractivity contribution in [1.82, 2.24) is 19.1 Å². The molecular weight excluding hydrogens is 769 g/mol. The fraction of sp³-hybridized carbons (Fsp3) is 0.0175. The minimum Gasteiger partial charge on any atom is -0.359 e. The molecule has 1 N–H and O–H groups in total. The molecule has 0 amide bonds. The van der Waals surface area contributed by atoms with Gasteiger partial charge in [-0.05, 0) is 99.9 Å². The molecule has 0 saturated heterocycles. The minimum atomic E-state index is -0.143. The van der Waals surface area contributed by atoms with Crippen LogP contribution >= 0.6 is 0 Å². The SMILES string of the molecule is c1ccc(N2c3ccccc3NC2c2ccc3c(c2)c2cc(-c4nc5ccccc5n4-c4ccccc4)ccc2c2nc(-c4cccc5ccccc45)n(-c4ccccc4)c32)cc1. The van der Waals surface area contributed by atoms with Gasteiger partial charge in [0.2, 0.25) is 0 Å². The molecule has 3 heterocycles. The number of nitrogens with zero attached hydrogens (tertiary/aromatic N) is 5. The lowest BCUT2D eigenvalue weighted by atomic mass is 9.95. The summed E-state index contributed by atoms with van der Waals surface area (Å²) in [5.74, 6) is 1.80. The van der Waals surface area contributed by atoms with Crippen molar-refractivity contribution < 1.29 is 0 Å². The Hall–Kier alpha value is -8.48. The van der Waals surface area contributed by atoms with Crippen LogP contribution in [0.1, 0.15) is 11.7 Å². The molecule has 10 aromatic carbocycles. The average Bonchev–Trinajstić information content (AvgIpc) is 4.07. The first-order valence-electron chi connectivity index (χ1n) is 21.5. The van der Waals surface area contributed by atoms with Crippen molar-refractivity contribution in [3.8, 4) is 34.2 Å². The van der Waals surface area contributed by atoms with Gasteiger partial charge >= 0.3 is 0 Å². The molecule has 2 aromatic heterocycles. The van der Waals surface area contributed by atoms with Gasteiger partial charge in [0.25, 0.3) is 0 Å². The van der Waals surface area contributed by atoms with E-state index in [1.165, 1.54) is 10.8 Å². The molecule has 13 rings (SSSR count). The number of para-hydroxylation sites is 7. The van der Waals surface area contributed by atoms with Crippen molar-refractivity contribution in [2.45, 2.75) is 6.17 Å². The zero-order chi connectivity index (χ0) is 41.4. The zero-order valence-electron chi connectivity index (χ0n) is 34.1. The van der Waals surface area contributed by atoms with Gasteiger partial charge in [0.1, 0.15) is 17.8 Å². The standard InChI is InChI=1S/C57H38N6/c1-4-19-40(20-5-1)61-51-29-14-12-27-49(51)58-55(61)38-31-33-44-47(35-38)48-36-39(56-59-50-28-13-15-30-52(50)62(56)41-21-6-2-7-22-41)32-34-45(48)54-53(44)60-57(63(54)42-23-8-3-9-24-42)46-26-16-18-37-17-10-11-25-43(37)46/h1-36,56,59H. The quantitative estimate of drug-likeness (QED) is 0.170.